The predicted molar refractivity (Wildman–Crippen MR) is 234 cm³/mol. The lowest BCUT2D eigenvalue weighted by atomic mass is 10.0. The number of rotatable bonds is 37. The fourth-order valence-corrected chi connectivity index (χ4v) is 7.03. The first kappa shape index (κ1) is 52.3. The summed E-state index contributed by atoms with van der Waals surface area (Å²) in [4.78, 5) is 66.6. The SMILES string of the molecule is CCCCCCCCCCCCCCCCCC(=O)N[C@@H](CCCCN)C(=O)N[C@@H](CCCCN)C(=O)N[C@@H](Cc1ccc(O)cc1)C(=O)N[C@@H](CCCC)C(N)=O. The van der Waals surface area contributed by atoms with Gasteiger partial charge in [-0.05, 0) is 82.2 Å². The van der Waals surface area contributed by atoms with E-state index < -0.39 is 47.8 Å². The molecule has 0 aromatic heterocycles. The van der Waals surface area contributed by atoms with Crippen LogP contribution < -0.4 is 38.5 Å². The second kappa shape index (κ2) is 34.2. The first-order chi connectivity index (χ1) is 28.1. The Kier molecular flexibility index (Phi) is 30.8. The lowest BCUT2D eigenvalue weighted by Gasteiger charge is -2.26. The summed E-state index contributed by atoms with van der Waals surface area (Å²) in [5.74, 6) is -2.50. The molecule has 0 fully saturated rings. The Balaban J connectivity index is 2.84. The molecule has 0 radical (unpaired) electrons. The Morgan fingerprint density at radius 1 is 0.500 bits per heavy atom. The molecule has 4 atom stereocenters. The van der Waals surface area contributed by atoms with Crippen molar-refractivity contribution in [1.82, 2.24) is 21.3 Å². The van der Waals surface area contributed by atoms with Gasteiger partial charge in [-0.3, -0.25) is 24.0 Å². The molecule has 5 amide bonds. The smallest absolute Gasteiger partial charge is 0.243 e. The highest BCUT2D eigenvalue weighted by Crippen LogP contribution is 2.15. The van der Waals surface area contributed by atoms with Crippen molar-refractivity contribution in [2.45, 2.75) is 205 Å². The van der Waals surface area contributed by atoms with Crippen molar-refractivity contribution in [1.29, 1.82) is 0 Å². The van der Waals surface area contributed by atoms with Crippen LogP contribution in [0.5, 0.6) is 5.75 Å². The maximum absolute atomic E-state index is 13.9. The van der Waals surface area contributed by atoms with Crippen molar-refractivity contribution >= 4 is 29.5 Å². The summed E-state index contributed by atoms with van der Waals surface area (Å²) < 4.78 is 0. The number of benzene rings is 1. The van der Waals surface area contributed by atoms with Crippen molar-refractivity contribution in [3.05, 3.63) is 29.8 Å². The molecule has 13 nitrogen and oxygen atoms in total. The van der Waals surface area contributed by atoms with Gasteiger partial charge in [-0.15, -0.1) is 0 Å². The second-order valence-corrected chi connectivity index (χ2v) is 16.0. The second-order valence-electron chi connectivity index (χ2n) is 16.0. The molecule has 11 N–H and O–H groups in total. The molecule has 1 aromatic rings. The molecule has 0 saturated carbocycles. The zero-order valence-corrected chi connectivity index (χ0v) is 36.1. The summed E-state index contributed by atoms with van der Waals surface area (Å²) in [6.07, 6.45) is 23.8. The van der Waals surface area contributed by atoms with Crippen LogP contribution in [0, 0.1) is 0 Å². The molecule has 1 aromatic carbocycles. The number of aromatic hydroxyl groups is 1. The van der Waals surface area contributed by atoms with E-state index in [1.54, 1.807) is 12.1 Å². The lowest BCUT2D eigenvalue weighted by molar-refractivity contribution is -0.134. The van der Waals surface area contributed by atoms with Gasteiger partial charge in [-0.25, -0.2) is 0 Å². The monoisotopic (exact) mass is 816 g/mol. The van der Waals surface area contributed by atoms with Gasteiger partial charge in [0, 0.05) is 12.8 Å². The fraction of sp³-hybridized carbons (Fsp3) is 0.756. The van der Waals surface area contributed by atoms with Crippen molar-refractivity contribution in [2.75, 3.05) is 13.1 Å². The molecule has 0 spiro atoms. The van der Waals surface area contributed by atoms with Crippen molar-refractivity contribution in [2.24, 2.45) is 17.2 Å². The number of hydrogen-bond acceptors (Lipinski definition) is 8. The van der Waals surface area contributed by atoms with Crippen LogP contribution in [0.2, 0.25) is 0 Å². The summed E-state index contributed by atoms with van der Waals surface area (Å²) in [7, 11) is 0. The number of primary amides is 1. The topological polar surface area (TPSA) is 232 Å². The van der Waals surface area contributed by atoms with Gasteiger partial charge in [-0.2, -0.15) is 0 Å². The summed E-state index contributed by atoms with van der Waals surface area (Å²) in [5, 5.41) is 21.1. The predicted octanol–water partition coefficient (Wildman–Crippen LogP) is 6.07. The Morgan fingerprint density at radius 3 is 1.36 bits per heavy atom. The van der Waals surface area contributed by atoms with Gasteiger partial charge in [0.15, 0.2) is 0 Å². The van der Waals surface area contributed by atoms with Crippen LogP contribution in [0.1, 0.15) is 180 Å². The molecule has 0 aliphatic rings. The standard InChI is InChI=1S/C45H81N7O6/c1-3-5-7-8-9-10-11-12-13-14-15-16-17-18-19-27-41(54)49-38(25-20-22-32-46)43(56)51-39(26-21-23-33-47)44(57)52-40(34-35-28-30-36(53)31-29-35)45(58)50-37(42(48)55)24-6-4-2/h28-31,37-40,53H,3-27,32-34,46-47H2,1-2H3,(H2,48,55)(H,49,54)(H,50,58)(H,51,56)(H,52,57)/t37-,38-,39-,40-/m0/s1. The summed E-state index contributed by atoms with van der Waals surface area (Å²) in [5.41, 5.74) is 17.7. The van der Waals surface area contributed by atoms with Gasteiger partial charge in [-0.1, -0.05) is 129 Å². The van der Waals surface area contributed by atoms with Gasteiger partial charge >= 0.3 is 0 Å². The van der Waals surface area contributed by atoms with Crippen LogP contribution in [-0.4, -0.2) is 71.9 Å². The van der Waals surface area contributed by atoms with E-state index in [0.717, 1.165) is 25.7 Å². The number of carbonyl (C=O) groups is 5. The number of nitrogens with one attached hydrogen (secondary N) is 4. The molecule has 332 valence electrons. The van der Waals surface area contributed by atoms with E-state index in [1.807, 2.05) is 6.92 Å². The summed E-state index contributed by atoms with van der Waals surface area (Å²) in [6, 6.07) is 2.32. The zero-order chi connectivity index (χ0) is 42.8. The first-order valence-corrected chi connectivity index (χ1v) is 22.7. The van der Waals surface area contributed by atoms with Gasteiger partial charge < -0.3 is 43.6 Å². The van der Waals surface area contributed by atoms with E-state index in [9.17, 15) is 29.1 Å². The van der Waals surface area contributed by atoms with Gasteiger partial charge in [0.05, 0.1) is 0 Å². The third kappa shape index (κ3) is 25.6. The van der Waals surface area contributed by atoms with E-state index in [0.29, 0.717) is 70.0 Å². The summed E-state index contributed by atoms with van der Waals surface area (Å²) in [6.45, 7) is 5.06. The molecule has 0 heterocycles. The molecular formula is C45H81N7O6. The Morgan fingerprint density at radius 2 is 0.897 bits per heavy atom. The quantitative estimate of drug-likeness (QED) is 0.0367. The van der Waals surface area contributed by atoms with Crippen molar-refractivity contribution < 1.29 is 29.1 Å². The Bertz CT molecular complexity index is 1260. The number of nitrogens with two attached hydrogens (primary N) is 3. The van der Waals surface area contributed by atoms with Crippen LogP contribution >= 0.6 is 0 Å². The highest BCUT2D eigenvalue weighted by atomic mass is 16.3. The molecule has 13 heteroatoms. The van der Waals surface area contributed by atoms with Crippen LogP contribution in [0.3, 0.4) is 0 Å². The normalized spacial score (nSPS) is 13.2. The average Bonchev–Trinajstić information content (AvgIpc) is 3.20. The molecular weight excluding hydrogens is 735 g/mol. The number of carbonyl (C=O) groups excluding carboxylic acids is 5. The van der Waals surface area contributed by atoms with Gasteiger partial charge in [0.25, 0.3) is 0 Å². The fourth-order valence-electron chi connectivity index (χ4n) is 7.03. The Labute approximate surface area is 349 Å². The maximum Gasteiger partial charge on any atom is 0.243 e. The maximum atomic E-state index is 13.9. The zero-order valence-electron chi connectivity index (χ0n) is 36.1. The molecule has 58 heavy (non-hydrogen) atoms. The number of amides is 5. The van der Waals surface area contributed by atoms with Crippen LogP contribution in [-0.2, 0) is 30.4 Å². The molecule has 0 bridgehead atoms. The first-order valence-electron chi connectivity index (χ1n) is 22.7. The largest absolute Gasteiger partial charge is 0.508 e. The molecule has 0 aliphatic heterocycles. The van der Waals surface area contributed by atoms with Gasteiger partial charge in [0.2, 0.25) is 29.5 Å². The van der Waals surface area contributed by atoms with Gasteiger partial charge in [0.1, 0.15) is 29.9 Å². The molecule has 1 rings (SSSR count). The third-order valence-corrected chi connectivity index (χ3v) is 10.7. The van der Waals surface area contributed by atoms with Crippen LogP contribution in [0.4, 0.5) is 0 Å². The highest BCUT2D eigenvalue weighted by Gasteiger charge is 2.31. The highest BCUT2D eigenvalue weighted by molar-refractivity contribution is 5.95. The van der Waals surface area contributed by atoms with E-state index in [-0.39, 0.29) is 24.5 Å². The van der Waals surface area contributed by atoms with E-state index in [1.165, 1.54) is 89.2 Å². The number of phenols is 1. The van der Waals surface area contributed by atoms with E-state index in [2.05, 4.69) is 28.2 Å². The van der Waals surface area contributed by atoms with E-state index >= 15 is 0 Å². The average molecular weight is 816 g/mol. The van der Waals surface area contributed by atoms with Crippen LogP contribution in [0.25, 0.3) is 0 Å². The minimum atomic E-state index is -1.12. The molecule has 0 saturated heterocycles. The van der Waals surface area contributed by atoms with Crippen molar-refractivity contribution in [3.63, 3.8) is 0 Å². The third-order valence-electron chi connectivity index (χ3n) is 10.7. The number of hydrogen-bond donors (Lipinski definition) is 8. The minimum Gasteiger partial charge on any atom is -0.508 e. The molecule has 0 unspecified atom stereocenters. The summed E-state index contributed by atoms with van der Waals surface area (Å²) >= 11 is 0. The van der Waals surface area contributed by atoms with Crippen LogP contribution in [0.15, 0.2) is 24.3 Å². The lowest BCUT2D eigenvalue weighted by Crippen LogP contribution is -2.58. The number of phenolic OH excluding ortho intramolecular Hbond substituents is 1. The van der Waals surface area contributed by atoms with Crippen molar-refractivity contribution in [3.8, 4) is 5.75 Å². The Hall–Kier alpha value is -3.71. The van der Waals surface area contributed by atoms with E-state index in [4.69, 9.17) is 17.2 Å². The number of unbranched alkanes of at least 4 members (excludes halogenated alkanes) is 17. The minimum absolute atomic E-state index is 0.0488. The molecule has 0 aliphatic carbocycles.